The maximum absolute atomic E-state index is 13.6. The minimum absolute atomic E-state index is 0.0367. The van der Waals surface area contributed by atoms with E-state index in [0.717, 1.165) is 11.6 Å². The van der Waals surface area contributed by atoms with Gasteiger partial charge in [0.2, 0.25) is 0 Å². The van der Waals surface area contributed by atoms with Crippen molar-refractivity contribution in [2.24, 2.45) is 0 Å². The Kier molecular flexibility index (Phi) is 5.96. The number of halogens is 1. The van der Waals surface area contributed by atoms with Crippen LogP contribution < -0.4 is 5.32 Å². The number of carbonyl (C=O) groups excluding carboxylic acids is 1. The van der Waals surface area contributed by atoms with Crippen molar-refractivity contribution < 1.29 is 17.6 Å². The van der Waals surface area contributed by atoms with Crippen LogP contribution in [0.4, 0.5) is 4.39 Å². The highest BCUT2D eigenvalue weighted by Gasteiger charge is 2.31. The van der Waals surface area contributed by atoms with Crippen molar-refractivity contribution in [1.29, 1.82) is 0 Å². The van der Waals surface area contributed by atoms with Gasteiger partial charge in [-0.3, -0.25) is 4.79 Å². The van der Waals surface area contributed by atoms with E-state index in [9.17, 15) is 17.6 Å². The van der Waals surface area contributed by atoms with Crippen LogP contribution in [-0.2, 0) is 9.84 Å². The first-order chi connectivity index (χ1) is 13.3. The molecular formula is C21H20FNO3S2. The molecule has 0 saturated heterocycles. The van der Waals surface area contributed by atoms with Gasteiger partial charge >= 0.3 is 0 Å². The zero-order chi connectivity index (χ0) is 20.3. The van der Waals surface area contributed by atoms with E-state index >= 15 is 0 Å². The maximum Gasteiger partial charge on any atom is 0.251 e. The number of rotatable bonds is 6. The Balaban J connectivity index is 1.89. The summed E-state index contributed by atoms with van der Waals surface area (Å²) in [5, 5.41) is 3.57. The van der Waals surface area contributed by atoms with E-state index in [1.165, 1.54) is 30.4 Å². The van der Waals surface area contributed by atoms with Gasteiger partial charge in [-0.2, -0.15) is 0 Å². The molecule has 146 valence electrons. The molecular weight excluding hydrogens is 397 g/mol. The third kappa shape index (κ3) is 4.31. The van der Waals surface area contributed by atoms with E-state index in [4.69, 9.17) is 0 Å². The fourth-order valence-electron chi connectivity index (χ4n) is 2.87. The highest BCUT2D eigenvalue weighted by molar-refractivity contribution is 7.91. The summed E-state index contributed by atoms with van der Waals surface area (Å²) in [4.78, 5) is 13.1. The molecule has 0 aliphatic carbocycles. The van der Waals surface area contributed by atoms with E-state index in [1.54, 1.807) is 35.7 Å². The Labute approximate surface area is 168 Å². The van der Waals surface area contributed by atoms with E-state index in [2.05, 4.69) is 5.32 Å². The molecule has 1 atom stereocenters. The lowest BCUT2D eigenvalue weighted by molar-refractivity contribution is 0.0953. The minimum Gasteiger partial charge on any atom is -0.350 e. The van der Waals surface area contributed by atoms with Gasteiger partial charge in [0.05, 0.1) is 4.90 Å². The molecule has 7 heteroatoms. The number of aryl methyl sites for hydroxylation is 2. The summed E-state index contributed by atoms with van der Waals surface area (Å²) >= 11 is 1.31. The van der Waals surface area contributed by atoms with Gasteiger partial charge < -0.3 is 5.32 Å². The standard InChI is InChI=1S/C21H20FNO3S2/c1-14-5-3-6-16(11-14)21(24)23-13-20(19-7-4-10-27-19)28(25,26)17-8-9-18(22)15(2)12-17/h3-12,20H,13H2,1-2H3,(H,23,24)/t20-/m1/s1. The summed E-state index contributed by atoms with van der Waals surface area (Å²) in [6, 6.07) is 14.3. The van der Waals surface area contributed by atoms with E-state index < -0.39 is 20.9 Å². The number of sulfone groups is 1. The van der Waals surface area contributed by atoms with Crippen LogP contribution in [0.3, 0.4) is 0 Å². The lowest BCUT2D eigenvalue weighted by atomic mass is 10.1. The SMILES string of the molecule is Cc1cccc(C(=O)NC[C@H](c2cccs2)S(=O)(=O)c2ccc(F)c(C)c2)c1. The molecule has 0 saturated carbocycles. The van der Waals surface area contributed by atoms with Crippen LogP contribution in [0.25, 0.3) is 0 Å². The average Bonchev–Trinajstić information content (AvgIpc) is 3.18. The Morgan fingerprint density at radius 3 is 2.54 bits per heavy atom. The molecule has 28 heavy (non-hydrogen) atoms. The molecule has 0 fully saturated rings. The second-order valence-corrected chi connectivity index (χ2v) is 9.65. The first-order valence-electron chi connectivity index (χ1n) is 8.67. The fourth-order valence-corrected chi connectivity index (χ4v) is 5.74. The largest absolute Gasteiger partial charge is 0.350 e. The molecule has 4 nitrogen and oxygen atoms in total. The smallest absolute Gasteiger partial charge is 0.251 e. The predicted octanol–water partition coefficient (Wildman–Crippen LogP) is 4.45. The first kappa shape index (κ1) is 20.2. The summed E-state index contributed by atoms with van der Waals surface area (Å²) in [6.45, 7) is 3.33. The number of benzene rings is 2. The number of amides is 1. The van der Waals surface area contributed by atoms with Crippen molar-refractivity contribution in [3.8, 4) is 0 Å². The van der Waals surface area contributed by atoms with Crippen molar-refractivity contribution in [1.82, 2.24) is 5.32 Å². The van der Waals surface area contributed by atoms with Gasteiger partial charge in [-0.15, -0.1) is 11.3 Å². The normalized spacial score (nSPS) is 12.5. The van der Waals surface area contributed by atoms with E-state index in [-0.39, 0.29) is 22.9 Å². The van der Waals surface area contributed by atoms with Gasteiger partial charge in [-0.1, -0.05) is 23.8 Å². The van der Waals surface area contributed by atoms with Gasteiger partial charge in [-0.25, -0.2) is 12.8 Å². The Morgan fingerprint density at radius 1 is 1.11 bits per heavy atom. The van der Waals surface area contributed by atoms with Crippen LogP contribution >= 0.6 is 11.3 Å². The van der Waals surface area contributed by atoms with Crippen LogP contribution in [0.15, 0.2) is 64.9 Å². The van der Waals surface area contributed by atoms with Gasteiger partial charge in [0.1, 0.15) is 11.1 Å². The first-order valence-corrected chi connectivity index (χ1v) is 11.1. The lowest BCUT2D eigenvalue weighted by Crippen LogP contribution is -2.31. The minimum atomic E-state index is -3.82. The zero-order valence-electron chi connectivity index (χ0n) is 15.5. The Bertz CT molecular complexity index is 1090. The summed E-state index contributed by atoms with van der Waals surface area (Å²) in [7, 11) is -3.82. The molecule has 0 unspecified atom stereocenters. The molecule has 1 heterocycles. The summed E-state index contributed by atoms with van der Waals surface area (Å²) in [5.41, 5.74) is 1.67. The number of hydrogen-bond donors (Lipinski definition) is 1. The molecule has 2 aromatic carbocycles. The van der Waals surface area contributed by atoms with Crippen LogP contribution in [-0.4, -0.2) is 20.9 Å². The summed E-state index contributed by atoms with van der Waals surface area (Å²) in [5.74, 6) is -0.796. The van der Waals surface area contributed by atoms with Crippen molar-refractivity contribution in [3.05, 3.63) is 87.4 Å². The van der Waals surface area contributed by atoms with Crippen molar-refractivity contribution in [2.75, 3.05) is 6.54 Å². The average molecular weight is 418 g/mol. The summed E-state index contributed by atoms with van der Waals surface area (Å²) < 4.78 is 40.0. The van der Waals surface area contributed by atoms with Crippen LogP contribution in [0.1, 0.15) is 31.6 Å². The molecule has 0 bridgehead atoms. The molecule has 0 spiro atoms. The molecule has 1 N–H and O–H groups in total. The molecule has 0 aliphatic heterocycles. The van der Waals surface area contributed by atoms with Gasteiger partial charge in [-0.05, 0) is 61.2 Å². The second kappa shape index (κ2) is 8.24. The maximum atomic E-state index is 13.6. The lowest BCUT2D eigenvalue weighted by Gasteiger charge is -2.18. The molecule has 1 aromatic heterocycles. The van der Waals surface area contributed by atoms with E-state index in [0.29, 0.717) is 10.4 Å². The van der Waals surface area contributed by atoms with Crippen molar-refractivity contribution in [2.45, 2.75) is 24.0 Å². The van der Waals surface area contributed by atoms with Gasteiger partial charge in [0.25, 0.3) is 5.91 Å². The number of carbonyl (C=O) groups is 1. The monoisotopic (exact) mass is 417 g/mol. The zero-order valence-corrected chi connectivity index (χ0v) is 17.1. The molecule has 1 amide bonds. The third-order valence-corrected chi connectivity index (χ3v) is 7.64. The highest BCUT2D eigenvalue weighted by atomic mass is 32.2. The topological polar surface area (TPSA) is 63.2 Å². The van der Waals surface area contributed by atoms with Crippen LogP contribution in [0.2, 0.25) is 0 Å². The highest BCUT2D eigenvalue weighted by Crippen LogP contribution is 2.32. The quantitative estimate of drug-likeness (QED) is 0.603. The molecule has 0 radical (unpaired) electrons. The molecule has 3 aromatic rings. The predicted molar refractivity (Wildman–Crippen MR) is 109 cm³/mol. The number of hydrogen-bond acceptors (Lipinski definition) is 4. The van der Waals surface area contributed by atoms with Crippen molar-refractivity contribution >= 4 is 27.1 Å². The number of nitrogens with one attached hydrogen (secondary N) is 1. The summed E-state index contributed by atoms with van der Waals surface area (Å²) in [6.07, 6.45) is 0. The Morgan fingerprint density at radius 2 is 1.89 bits per heavy atom. The van der Waals surface area contributed by atoms with Crippen molar-refractivity contribution in [3.63, 3.8) is 0 Å². The second-order valence-electron chi connectivity index (χ2n) is 6.54. The number of thiophene rings is 1. The third-order valence-electron chi connectivity index (χ3n) is 4.42. The molecule has 3 rings (SSSR count). The van der Waals surface area contributed by atoms with Gasteiger partial charge in [0.15, 0.2) is 9.84 Å². The van der Waals surface area contributed by atoms with Crippen LogP contribution in [0.5, 0.6) is 0 Å². The van der Waals surface area contributed by atoms with E-state index in [1.807, 2.05) is 13.0 Å². The van der Waals surface area contributed by atoms with Crippen LogP contribution in [0, 0.1) is 19.7 Å². The molecule has 0 aliphatic rings. The Hall–Kier alpha value is -2.51. The fraction of sp³-hybridized carbons (Fsp3) is 0.190. The van der Waals surface area contributed by atoms with Gasteiger partial charge in [0, 0.05) is 17.0 Å².